The van der Waals surface area contributed by atoms with E-state index in [1.807, 2.05) is 19.4 Å². The summed E-state index contributed by atoms with van der Waals surface area (Å²) in [5.41, 5.74) is 0. The molecule has 0 bridgehead atoms. The van der Waals surface area contributed by atoms with Crippen LogP contribution in [0.3, 0.4) is 0 Å². The molecular weight excluding hydrogens is 248 g/mol. The van der Waals surface area contributed by atoms with Crippen LogP contribution in [0, 0.1) is 6.92 Å². The van der Waals surface area contributed by atoms with Crippen LogP contribution in [0.1, 0.15) is 18.8 Å². The lowest BCUT2D eigenvalue weighted by Crippen LogP contribution is -2.35. The van der Waals surface area contributed by atoms with Gasteiger partial charge in [0.2, 0.25) is 0 Å². The highest BCUT2D eigenvalue weighted by atomic mass is 16.6. The number of fused-ring (bicyclic) bond motifs is 1. The highest BCUT2D eigenvalue weighted by molar-refractivity contribution is 5.66. The van der Waals surface area contributed by atoms with Crippen molar-refractivity contribution in [1.82, 2.24) is 4.57 Å². The van der Waals surface area contributed by atoms with Gasteiger partial charge in [0.1, 0.15) is 24.6 Å². The van der Waals surface area contributed by atoms with Gasteiger partial charge in [-0.25, -0.2) is 9.13 Å². The second kappa shape index (κ2) is 4.61. The Morgan fingerprint density at radius 1 is 1.42 bits per heavy atom. The van der Waals surface area contributed by atoms with Crippen LogP contribution in [0.15, 0.2) is 12.4 Å². The summed E-state index contributed by atoms with van der Waals surface area (Å²) in [6.07, 6.45) is 3.57. The molecule has 0 amide bonds. The van der Waals surface area contributed by atoms with Gasteiger partial charge in [0, 0.05) is 13.8 Å². The molecule has 3 rings (SSSR count). The van der Waals surface area contributed by atoms with Crippen LogP contribution in [-0.2, 0) is 26.1 Å². The summed E-state index contributed by atoms with van der Waals surface area (Å²) in [4.78, 5) is 11.1. The number of carbonyl (C=O) groups excluding carboxylic acids is 1. The molecule has 6 nitrogen and oxygen atoms in total. The number of rotatable bonds is 2. The van der Waals surface area contributed by atoms with Gasteiger partial charge in [0.15, 0.2) is 12.1 Å². The van der Waals surface area contributed by atoms with E-state index >= 15 is 0 Å². The fourth-order valence-electron chi connectivity index (χ4n) is 2.92. The maximum atomic E-state index is 11.1. The molecule has 104 valence electrons. The van der Waals surface area contributed by atoms with Gasteiger partial charge in [-0.3, -0.25) is 4.79 Å². The van der Waals surface area contributed by atoms with Gasteiger partial charge in [-0.1, -0.05) is 0 Å². The summed E-state index contributed by atoms with van der Waals surface area (Å²) in [6.45, 7) is 4.47. The second-order valence-corrected chi connectivity index (χ2v) is 5.17. The van der Waals surface area contributed by atoms with Crippen LogP contribution in [0.4, 0.5) is 0 Å². The molecule has 0 saturated carbocycles. The van der Waals surface area contributed by atoms with E-state index in [9.17, 15) is 4.79 Å². The molecule has 1 aromatic heterocycles. The third-order valence-electron chi connectivity index (χ3n) is 3.99. The average Bonchev–Trinajstić information content (AvgIpc) is 2.99. The molecule has 6 heteroatoms. The van der Waals surface area contributed by atoms with Gasteiger partial charge in [-0.2, -0.15) is 0 Å². The molecular formula is C13H19N2O4+. The van der Waals surface area contributed by atoms with Crippen molar-refractivity contribution in [1.29, 1.82) is 0 Å². The third-order valence-corrected chi connectivity index (χ3v) is 3.99. The number of ether oxygens (including phenoxy) is 3. The van der Waals surface area contributed by atoms with Crippen molar-refractivity contribution in [3.05, 3.63) is 18.2 Å². The maximum absolute atomic E-state index is 11.1. The minimum atomic E-state index is -0.287. The molecule has 0 N–H and O–H groups in total. The molecule has 19 heavy (non-hydrogen) atoms. The van der Waals surface area contributed by atoms with Crippen molar-refractivity contribution in [2.75, 3.05) is 13.2 Å². The SMILES string of the molecule is CC(=O)O[C@@H]1CO[C@H]2[C@@H]1OC[C@@H]2n1cc[n+](C)c1C. The Bertz CT molecular complexity index is 499. The van der Waals surface area contributed by atoms with Crippen molar-refractivity contribution < 1.29 is 23.6 Å². The van der Waals surface area contributed by atoms with E-state index in [2.05, 4.69) is 16.1 Å². The molecule has 0 spiro atoms. The molecule has 3 heterocycles. The standard InChI is InChI=1S/C13H19N2O4/c1-8-14(3)4-5-15(8)10-6-17-13-11(19-9(2)16)7-18-12(10)13/h4-5,10-13H,6-7H2,1-3H3/q+1/t10-,11+,12+,13+/m0/s1. The van der Waals surface area contributed by atoms with Crippen molar-refractivity contribution in [2.45, 2.75) is 38.2 Å². The van der Waals surface area contributed by atoms with E-state index in [0.29, 0.717) is 13.2 Å². The quantitative estimate of drug-likeness (QED) is 0.554. The lowest BCUT2D eigenvalue weighted by atomic mass is 10.1. The summed E-state index contributed by atoms with van der Waals surface area (Å²) < 4.78 is 21.0. The molecule has 2 fully saturated rings. The summed E-state index contributed by atoms with van der Waals surface area (Å²) >= 11 is 0. The number of carbonyl (C=O) groups is 1. The van der Waals surface area contributed by atoms with Crippen LogP contribution in [0.2, 0.25) is 0 Å². The Balaban J connectivity index is 1.78. The molecule has 1 aromatic rings. The first-order valence-electron chi connectivity index (χ1n) is 6.51. The topological polar surface area (TPSA) is 53.6 Å². The summed E-state index contributed by atoms with van der Waals surface area (Å²) in [7, 11) is 2.01. The van der Waals surface area contributed by atoms with E-state index in [1.54, 1.807) is 0 Å². The lowest BCUT2D eigenvalue weighted by Gasteiger charge is -2.15. The number of esters is 1. The molecule has 4 atom stereocenters. The first kappa shape index (κ1) is 12.6. The normalized spacial score (nSPS) is 33.4. The Kier molecular flexibility index (Phi) is 3.06. The van der Waals surface area contributed by atoms with E-state index in [-0.39, 0.29) is 30.3 Å². The molecule has 0 aliphatic carbocycles. The van der Waals surface area contributed by atoms with Gasteiger partial charge in [0.05, 0.1) is 20.3 Å². The molecule has 0 unspecified atom stereocenters. The van der Waals surface area contributed by atoms with Crippen LogP contribution in [0.25, 0.3) is 0 Å². The fraction of sp³-hybridized carbons (Fsp3) is 0.692. The Labute approximate surface area is 111 Å². The van der Waals surface area contributed by atoms with Crippen LogP contribution < -0.4 is 4.57 Å². The lowest BCUT2D eigenvalue weighted by molar-refractivity contribution is -0.677. The zero-order chi connectivity index (χ0) is 13.6. The van der Waals surface area contributed by atoms with Gasteiger partial charge in [0.25, 0.3) is 5.82 Å². The Morgan fingerprint density at radius 2 is 2.16 bits per heavy atom. The minimum Gasteiger partial charge on any atom is -0.457 e. The van der Waals surface area contributed by atoms with E-state index in [1.165, 1.54) is 6.92 Å². The molecule has 2 aliphatic rings. The largest absolute Gasteiger partial charge is 0.457 e. The molecule has 0 aromatic carbocycles. The fourth-order valence-corrected chi connectivity index (χ4v) is 2.92. The smallest absolute Gasteiger partial charge is 0.303 e. The van der Waals surface area contributed by atoms with E-state index < -0.39 is 0 Å². The van der Waals surface area contributed by atoms with E-state index in [0.717, 1.165) is 5.82 Å². The molecule has 0 radical (unpaired) electrons. The van der Waals surface area contributed by atoms with Crippen LogP contribution in [0.5, 0.6) is 0 Å². The predicted octanol–water partition coefficient (Wildman–Crippen LogP) is -0.109. The summed E-state index contributed by atoms with van der Waals surface area (Å²) in [5.74, 6) is 0.860. The third kappa shape index (κ3) is 2.04. The number of aryl methyl sites for hydroxylation is 1. The second-order valence-electron chi connectivity index (χ2n) is 5.17. The first-order valence-corrected chi connectivity index (χ1v) is 6.51. The van der Waals surface area contributed by atoms with Gasteiger partial charge in [-0.15, -0.1) is 0 Å². The first-order chi connectivity index (χ1) is 9.08. The van der Waals surface area contributed by atoms with Crippen LogP contribution in [-0.4, -0.2) is 42.1 Å². The number of hydrogen-bond donors (Lipinski definition) is 0. The van der Waals surface area contributed by atoms with Gasteiger partial charge in [-0.05, 0) is 0 Å². The predicted molar refractivity (Wildman–Crippen MR) is 64.4 cm³/mol. The van der Waals surface area contributed by atoms with Crippen molar-refractivity contribution in [3.8, 4) is 0 Å². The zero-order valence-corrected chi connectivity index (χ0v) is 11.4. The van der Waals surface area contributed by atoms with Crippen LogP contribution >= 0.6 is 0 Å². The number of imidazole rings is 1. The average molecular weight is 267 g/mol. The zero-order valence-electron chi connectivity index (χ0n) is 11.4. The van der Waals surface area contributed by atoms with Crippen molar-refractivity contribution >= 4 is 5.97 Å². The highest BCUT2D eigenvalue weighted by Crippen LogP contribution is 2.35. The number of aromatic nitrogens is 2. The highest BCUT2D eigenvalue weighted by Gasteiger charge is 2.52. The van der Waals surface area contributed by atoms with Gasteiger partial charge >= 0.3 is 5.97 Å². The van der Waals surface area contributed by atoms with E-state index in [4.69, 9.17) is 14.2 Å². The summed E-state index contributed by atoms with van der Waals surface area (Å²) in [5, 5.41) is 0. The Morgan fingerprint density at radius 3 is 2.79 bits per heavy atom. The molecule has 2 aliphatic heterocycles. The molecule has 2 saturated heterocycles. The maximum Gasteiger partial charge on any atom is 0.303 e. The minimum absolute atomic E-state index is 0.0459. The summed E-state index contributed by atoms with van der Waals surface area (Å²) in [6, 6.07) is 0.145. The van der Waals surface area contributed by atoms with Crippen molar-refractivity contribution in [3.63, 3.8) is 0 Å². The van der Waals surface area contributed by atoms with Crippen molar-refractivity contribution in [2.24, 2.45) is 7.05 Å². The number of hydrogen-bond acceptors (Lipinski definition) is 4. The van der Waals surface area contributed by atoms with Gasteiger partial charge < -0.3 is 14.2 Å². The number of nitrogens with zero attached hydrogens (tertiary/aromatic N) is 2. The monoisotopic (exact) mass is 267 g/mol. The Hall–Kier alpha value is -1.40.